The molecule has 3 aromatic rings. The van der Waals surface area contributed by atoms with Gasteiger partial charge in [-0.25, -0.2) is 0 Å². The second-order valence-corrected chi connectivity index (χ2v) is 6.19. The first-order valence-corrected chi connectivity index (χ1v) is 8.69. The topological polar surface area (TPSA) is 59.8 Å². The van der Waals surface area contributed by atoms with Crippen molar-refractivity contribution >= 4 is 11.7 Å². The van der Waals surface area contributed by atoms with E-state index in [9.17, 15) is 9.59 Å². The summed E-state index contributed by atoms with van der Waals surface area (Å²) >= 11 is 0. The molecule has 0 unspecified atom stereocenters. The molecule has 0 saturated carbocycles. The third kappa shape index (κ3) is 5.31. The van der Waals surface area contributed by atoms with Crippen LogP contribution in [0.15, 0.2) is 77.4 Å². The molecule has 0 atom stereocenters. The lowest BCUT2D eigenvalue weighted by Crippen LogP contribution is -2.34. The van der Waals surface area contributed by atoms with E-state index in [-0.39, 0.29) is 18.3 Å². The molecule has 0 aliphatic rings. The van der Waals surface area contributed by atoms with E-state index in [0.29, 0.717) is 30.2 Å². The number of ketones is 1. The van der Waals surface area contributed by atoms with Crippen LogP contribution in [0.1, 0.15) is 28.6 Å². The Morgan fingerprint density at radius 3 is 2.48 bits per heavy atom. The van der Waals surface area contributed by atoms with E-state index < -0.39 is 0 Å². The van der Waals surface area contributed by atoms with Gasteiger partial charge < -0.3 is 14.1 Å². The number of furan rings is 1. The Morgan fingerprint density at radius 1 is 0.963 bits per heavy atom. The van der Waals surface area contributed by atoms with Gasteiger partial charge in [-0.15, -0.1) is 0 Å². The van der Waals surface area contributed by atoms with E-state index in [1.165, 1.54) is 6.92 Å². The average molecular weight is 363 g/mol. The number of carbonyl (C=O) groups is 2. The number of hydrogen-bond acceptors (Lipinski definition) is 4. The minimum absolute atomic E-state index is 0.0460. The van der Waals surface area contributed by atoms with Crippen molar-refractivity contribution < 1.29 is 18.7 Å². The summed E-state index contributed by atoms with van der Waals surface area (Å²) in [6.07, 6.45) is 1.59. The van der Waals surface area contributed by atoms with Crippen LogP contribution in [-0.2, 0) is 17.9 Å². The van der Waals surface area contributed by atoms with Crippen LogP contribution in [0.4, 0.5) is 0 Å². The standard InChI is InChI=1S/C22H21NO4/c1-17(24)19-9-5-10-20(13-19)27-16-22(25)23(15-21-11-6-12-26-21)14-18-7-3-2-4-8-18/h2-13H,14-16H2,1H3. The van der Waals surface area contributed by atoms with Gasteiger partial charge in [0.05, 0.1) is 12.8 Å². The van der Waals surface area contributed by atoms with Gasteiger partial charge in [0.2, 0.25) is 0 Å². The third-order valence-electron chi connectivity index (χ3n) is 4.10. The molecule has 0 fully saturated rings. The Kier molecular flexibility index (Phi) is 6.05. The molecule has 5 heteroatoms. The zero-order valence-corrected chi connectivity index (χ0v) is 15.1. The summed E-state index contributed by atoms with van der Waals surface area (Å²) in [6, 6.07) is 20.2. The second kappa shape index (κ2) is 8.85. The fourth-order valence-corrected chi connectivity index (χ4v) is 2.67. The minimum Gasteiger partial charge on any atom is -0.484 e. The van der Waals surface area contributed by atoms with Crippen LogP contribution in [-0.4, -0.2) is 23.2 Å². The van der Waals surface area contributed by atoms with Gasteiger partial charge >= 0.3 is 0 Å². The normalized spacial score (nSPS) is 10.4. The van der Waals surface area contributed by atoms with Crippen LogP contribution in [0.2, 0.25) is 0 Å². The molecule has 0 bridgehead atoms. The molecule has 0 spiro atoms. The highest BCUT2D eigenvalue weighted by Crippen LogP contribution is 2.15. The predicted molar refractivity (Wildman–Crippen MR) is 101 cm³/mol. The lowest BCUT2D eigenvalue weighted by Gasteiger charge is -2.22. The van der Waals surface area contributed by atoms with Crippen LogP contribution < -0.4 is 4.74 Å². The Bertz CT molecular complexity index is 888. The van der Waals surface area contributed by atoms with Gasteiger partial charge in [0, 0.05) is 12.1 Å². The van der Waals surface area contributed by atoms with E-state index in [0.717, 1.165) is 5.56 Å². The number of benzene rings is 2. The molecule has 5 nitrogen and oxygen atoms in total. The molecule has 138 valence electrons. The van der Waals surface area contributed by atoms with E-state index in [2.05, 4.69) is 0 Å². The van der Waals surface area contributed by atoms with Gasteiger partial charge in [-0.2, -0.15) is 0 Å². The van der Waals surface area contributed by atoms with E-state index in [4.69, 9.17) is 9.15 Å². The first-order chi connectivity index (χ1) is 13.1. The first-order valence-electron chi connectivity index (χ1n) is 8.69. The van der Waals surface area contributed by atoms with Crippen LogP contribution in [0.25, 0.3) is 0 Å². The monoisotopic (exact) mass is 363 g/mol. The summed E-state index contributed by atoms with van der Waals surface area (Å²) in [5.41, 5.74) is 1.58. The molecule has 27 heavy (non-hydrogen) atoms. The zero-order valence-electron chi connectivity index (χ0n) is 15.1. The van der Waals surface area contributed by atoms with Crippen LogP contribution in [0.5, 0.6) is 5.75 Å². The fourth-order valence-electron chi connectivity index (χ4n) is 2.67. The Hall–Kier alpha value is -3.34. The van der Waals surface area contributed by atoms with Crippen molar-refractivity contribution in [3.05, 3.63) is 89.9 Å². The SMILES string of the molecule is CC(=O)c1cccc(OCC(=O)N(Cc2ccccc2)Cc2ccco2)c1. The molecular weight excluding hydrogens is 342 g/mol. The molecular formula is C22H21NO4. The van der Waals surface area contributed by atoms with Crippen molar-refractivity contribution in [2.75, 3.05) is 6.61 Å². The van der Waals surface area contributed by atoms with Crippen molar-refractivity contribution in [1.29, 1.82) is 0 Å². The minimum atomic E-state index is -0.163. The largest absolute Gasteiger partial charge is 0.484 e. The molecule has 0 N–H and O–H groups in total. The summed E-state index contributed by atoms with van der Waals surface area (Å²) in [5, 5.41) is 0. The molecule has 2 aromatic carbocycles. The maximum atomic E-state index is 12.8. The van der Waals surface area contributed by atoms with Crippen molar-refractivity contribution in [2.24, 2.45) is 0 Å². The smallest absolute Gasteiger partial charge is 0.261 e. The van der Waals surface area contributed by atoms with Crippen LogP contribution in [0.3, 0.4) is 0 Å². The maximum absolute atomic E-state index is 12.8. The van der Waals surface area contributed by atoms with Gasteiger partial charge in [-0.1, -0.05) is 42.5 Å². The molecule has 1 amide bonds. The second-order valence-electron chi connectivity index (χ2n) is 6.19. The van der Waals surface area contributed by atoms with Crippen LogP contribution in [0, 0.1) is 0 Å². The summed E-state index contributed by atoms with van der Waals surface area (Å²) in [4.78, 5) is 25.9. The lowest BCUT2D eigenvalue weighted by atomic mass is 10.1. The molecule has 1 aromatic heterocycles. The molecule has 0 radical (unpaired) electrons. The Labute approximate surface area is 158 Å². The number of hydrogen-bond donors (Lipinski definition) is 0. The summed E-state index contributed by atoms with van der Waals surface area (Å²) < 4.78 is 11.0. The molecule has 0 saturated heterocycles. The number of amides is 1. The van der Waals surface area contributed by atoms with Gasteiger partial charge in [0.1, 0.15) is 11.5 Å². The molecule has 3 rings (SSSR count). The Morgan fingerprint density at radius 2 is 1.78 bits per heavy atom. The highest BCUT2D eigenvalue weighted by Gasteiger charge is 2.17. The van der Waals surface area contributed by atoms with Gasteiger partial charge in [0.25, 0.3) is 5.91 Å². The molecule has 0 aliphatic carbocycles. The van der Waals surface area contributed by atoms with Crippen molar-refractivity contribution in [1.82, 2.24) is 4.90 Å². The van der Waals surface area contributed by atoms with Gasteiger partial charge in [-0.3, -0.25) is 9.59 Å². The number of ether oxygens (including phenoxy) is 1. The Balaban J connectivity index is 1.68. The summed E-state index contributed by atoms with van der Waals surface area (Å²) in [7, 11) is 0. The van der Waals surface area contributed by atoms with Gasteiger partial charge in [-0.05, 0) is 36.8 Å². The fraction of sp³-hybridized carbons (Fsp3) is 0.182. The highest BCUT2D eigenvalue weighted by molar-refractivity contribution is 5.94. The van der Waals surface area contributed by atoms with Crippen LogP contribution >= 0.6 is 0 Å². The highest BCUT2D eigenvalue weighted by atomic mass is 16.5. The predicted octanol–water partition coefficient (Wildman–Crippen LogP) is 4.09. The number of nitrogens with zero attached hydrogens (tertiary/aromatic N) is 1. The van der Waals surface area contributed by atoms with E-state index >= 15 is 0 Å². The number of carbonyl (C=O) groups excluding carboxylic acids is 2. The van der Waals surface area contributed by atoms with Gasteiger partial charge in [0.15, 0.2) is 12.4 Å². The van der Waals surface area contributed by atoms with E-state index in [1.54, 1.807) is 41.5 Å². The number of rotatable bonds is 8. The first kappa shape index (κ1) is 18.5. The van der Waals surface area contributed by atoms with Crippen molar-refractivity contribution in [3.63, 3.8) is 0 Å². The quantitative estimate of drug-likeness (QED) is 0.566. The maximum Gasteiger partial charge on any atom is 0.261 e. The van der Waals surface area contributed by atoms with E-state index in [1.807, 2.05) is 36.4 Å². The average Bonchev–Trinajstić information content (AvgIpc) is 3.20. The molecule has 1 heterocycles. The summed E-state index contributed by atoms with van der Waals surface area (Å²) in [5.74, 6) is 0.991. The zero-order chi connectivity index (χ0) is 19.1. The molecule has 0 aliphatic heterocycles. The van der Waals surface area contributed by atoms with Crippen molar-refractivity contribution in [2.45, 2.75) is 20.0 Å². The number of Topliss-reactive ketones (excluding diaryl/α,β-unsaturated/α-hetero) is 1. The summed E-state index contributed by atoms with van der Waals surface area (Å²) in [6.45, 7) is 2.19. The lowest BCUT2D eigenvalue weighted by molar-refractivity contribution is -0.134. The van der Waals surface area contributed by atoms with Crippen molar-refractivity contribution in [3.8, 4) is 5.75 Å². The third-order valence-corrected chi connectivity index (χ3v) is 4.10.